The van der Waals surface area contributed by atoms with E-state index in [0.717, 1.165) is 19.4 Å². The summed E-state index contributed by atoms with van der Waals surface area (Å²) >= 11 is 3.59. The second-order valence-electron chi connectivity index (χ2n) is 7.67. The molecule has 1 fully saturated rings. The van der Waals surface area contributed by atoms with Crippen molar-refractivity contribution in [1.29, 1.82) is 0 Å². The molecule has 1 saturated heterocycles. The third kappa shape index (κ3) is 3.06. The minimum atomic E-state index is 0.192. The predicted molar refractivity (Wildman–Crippen MR) is 92.5 cm³/mol. The third-order valence-corrected chi connectivity index (χ3v) is 6.21. The first-order chi connectivity index (χ1) is 9.94. The van der Waals surface area contributed by atoms with Gasteiger partial charge in [-0.2, -0.15) is 0 Å². The van der Waals surface area contributed by atoms with Crippen molar-refractivity contribution in [3.63, 3.8) is 0 Å². The van der Waals surface area contributed by atoms with Gasteiger partial charge in [-0.05, 0) is 73.9 Å². The molecular formula is C18H27BrN2. The van der Waals surface area contributed by atoms with Gasteiger partial charge in [-0.15, -0.1) is 0 Å². The number of benzene rings is 1. The van der Waals surface area contributed by atoms with E-state index >= 15 is 0 Å². The van der Waals surface area contributed by atoms with Crippen LogP contribution < -0.4 is 5.73 Å². The van der Waals surface area contributed by atoms with Crippen LogP contribution in [0.3, 0.4) is 0 Å². The van der Waals surface area contributed by atoms with Crippen molar-refractivity contribution < 1.29 is 0 Å². The van der Waals surface area contributed by atoms with Crippen molar-refractivity contribution in [3.8, 4) is 0 Å². The molecule has 2 nitrogen and oxygen atoms in total. The molecule has 1 aliphatic carbocycles. The number of piperidine rings is 1. The lowest BCUT2D eigenvalue weighted by Gasteiger charge is -2.50. The first-order valence-electron chi connectivity index (χ1n) is 8.17. The molecule has 0 bridgehead atoms. The van der Waals surface area contributed by atoms with Crippen molar-refractivity contribution >= 4 is 15.9 Å². The highest BCUT2D eigenvalue weighted by Gasteiger charge is 2.41. The van der Waals surface area contributed by atoms with Crippen LogP contribution >= 0.6 is 15.9 Å². The second kappa shape index (κ2) is 5.68. The van der Waals surface area contributed by atoms with E-state index in [1.807, 2.05) is 0 Å². The number of hydrogen-bond donors (Lipinski definition) is 1. The van der Waals surface area contributed by atoms with Crippen molar-refractivity contribution in [2.75, 3.05) is 19.6 Å². The highest BCUT2D eigenvalue weighted by atomic mass is 79.9. The zero-order valence-electron chi connectivity index (χ0n) is 13.3. The lowest BCUT2D eigenvalue weighted by atomic mass is 9.74. The minimum absolute atomic E-state index is 0.192. The lowest BCUT2D eigenvalue weighted by molar-refractivity contribution is 0.0235. The number of rotatable bonds is 2. The Hall–Kier alpha value is -0.380. The number of nitrogens with zero attached hydrogens (tertiary/aromatic N) is 1. The normalized spacial score (nSPS) is 29.1. The summed E-state index contributed by atoms with van der Waals surface area (Å²) in [4.78, 5) is 2.70. The van der Waals surface area contributed by atoms with Crippen LogP contribution in [0.1, 0.15) is 44.2 Å². The van der Waals surface area contributed by atoms with Gasteiger partial charge in [-0.1, -0.05) is 35.8 Å². The molecule has 0 aromatic heterocycles. The van der Waals surface area contributed by atoms with Gasteiger partial charge in [0.15, 0.2) is 0 Å². The quantitative estimate of drug-likeness (QED) is 0.879. The monoisotopic (exact) mass is 350 g/mol. The van der Waals surface area contributed by atoms with E-state index in [4.69, 9.17) is 5.73 Å². The maximum atomic E-state index is 6.27. The molecular weight excluding hydrogens is 324 g/mol. The van der Waals surface area contributed by atoms with E-state index < -0.39 is 0 Å². The van der Waals surface area contributed by atoms with Crippen molar-refractivity contribution in [1.82, 2.24) is 4.90 Å². The Kier molecular flexibility index (Phi) is 4.19. The molecule has 3 rings (SSSR count). The summed E-state index contributed by atoms with van der Waals surface area (Å²) in [5, 5.41) is 0. The highest BCUT2D eigenvalue weighted by molar-refractivity contribution is 9.10. The molecule has 0 spiro atoms. The summed E-state index contributed by atoms with van der Waals surface area (Å²) in [6.07, 6.45) is 6.07. The van der Waals surface area contributed by atoms with E-state index in [-0.39, 0.29) is 5.54 Å². The Bertz CT molecular complexity index is 516. The van der Waals surface area contributed by atoms with Gasteiger partial charge in [-0.25, -0.2) is 0 Å². The summed E-state index contributed by atoms with van der Waals surface area (Å²) < 4.78 is 1.20. The van der Waals surface area contributed by atoms with Gasteiger partial charge in [0, 0.05) is 16.6 Å². The van der Waals surface area contributed by atoms with E-state index in [1.165, 1.54) is 48.0 Å². The SMILES string of the molecule is CC1(C)CCN(C2(CN)CCc3cc(Br)ccc3C2)CC1. The maximum absolute atomic E-state index is 6.27. The van der Waals surface area contributed by atoms with Crippen LogP contribution in [0.5, 0.6) is 0 Å². The molecule has 1 aromatic carbocycles. The maximum Gasteiger partial charge on any atom is 0.0375 e. The summed E-state index contributed by atoms with van der Waals surface area (Å²) in [5.74, 6) is 0. The summed E-state index contributed by atoms with van der Waals surface area (Å²) in [6.45, 7) is 7.98. The largest absolute Gasteiger partial charge is 0.329 e. The van der Waals surface area contributed by atoms with Crippen molar-refractivity contribution in [3.05, 3.63) is 33.8 Å². The first-order valence-corrected chi connectivity index (χ1v) is 8.96. The van der Waals surface area contributed by atoms with Crippen LogP contribution in [-0.2, 0) is 12.8 Å². The van der Waals surface area contributed by atoms with Gasteiger partial charge in [0.2, 0.25) is 0 Å². The number of aryl methyl sites for hydroxylation is 1. The Labute approximate surface area is 137 Å². The number of halogens is 1. The van der Waals surface area contributed by atoms with Gasteiger partial charge in [0.1, 0.15) is 0 Å². The molecule has 0 amide bonds. The Balaban J connectivity index is 1.81. The molecule has 2 N–H and O–H groups in total. The van der Waals surface area contributed by atoms with Crippen LogP contribution in [-0.4, -0.2) is 30.1 Å². The van der Waals surface area contributed by atoms with Crippen LogP contribution in [0.2, 0.25) is 0 Å². The first kappa shape index (κ1) is 15.5. The summed E-state index contributed by atoms with van der Waals surface area (Å²) in [6, 6.07) is 6.75. The molecule has 0 radical (unpaired) electrons. The molecule has 1 atom stereocenters. The second-order valence-corrected chi connectivity index (χ2v) is 8.59. The van der Waals surface area contributed by atoms with Crippen LogP contribution in [0.15, 0.2) is 22.7 Å². The Morgan fingerprint density at radius 3 is 2.52 bits per heavy atom. The van der Waals surface area contributed by atoms with Crippen LogP contribution in [0.4, 0.5) is 0 Å². The zero-order chi connectivity index (χ0) is 15.1. The van der Waals surface area contributed by atoms with Gasteiger partial charge in [-0.3, -0.25) is 4.90 Å². The molecule has 1 aromatic rings. The summed E-state index contributed by atoms with van der Waals surface area (Å²) in [5.41, 5.74) is 9.97. The minimum Gasteiger partial charge on any atom is -0.329 e. The van der Waals surface area contributed by atoms with E-state index in [9.17, 15) is 0 Å². The fourth-order valence-electron chi connectivity index (χ4n) is 3.97. The number of fused-ring (bicyclic) bond motifs is 1. The molecule has 1 aliphatic heterocycles. The smallest absolute Gasteiger partial charge is 0.0375 e. The molecule has 1 unspecified atom stereocenters. The number of nitrogens with two attached hydrogens (primary N) is 1. The van der Waals surface area contributed by atoms with Gasteiger partial charge in [0.05, 0.1) is 0 Å². The fraction of sp³-hybridized carbons (Fsp3) is 0.667. The Morgan fingerprint density at radius 2 is 1.86 bits per heavy atom. The topological polar surface area (TPSA) is 29.3 Å². The standard InChI is InChI=1S/C18H27BrN2/c1-17(2)7-9-21(10-8-17)18(13-20)6-5-14-11-16(19)4-3-15(14)12-18/h3-4,11H,5-10,12-13,20H2,1-2H3. The fourth-order valence-corrected chi connectivity index (χ4v) is 4.38. The van der Waals surface area contributed by atoms with Crippen molar-refractivity contribution in [2.45, 2.75) is 51.5 Å². The van der Waals surface area contributed by atoms with Gasteiger partial charge < -0.3 is 5.73 Å². The van der Waals surface area contributed by atoms with E-state index in [2.05, 4.69) is 52.9 Å². The zero-order valence-corrected chi connectivity index (χ0v) is 14.9. The average Bonchev–Trinajstić information content (AvgIpc) is 2.47. The van der Waals surface area contributed by atoms with Gasteiger partial charge in [0.25, 0.3) is 0 Å². The molecule has 2 aliphatic rings. The van der Waals surface area contributed by atoms with Crippen LogP contribution in [0, 0.1) is 5.41 Å². The number of hydrogen-bond acceptors (Lipinski definition) is 2. The van der Waals surface area contributed by atoms with Crippen molar-refractivity contribution in [2.24, 2.45) is 11.1 Å². The third-order valence-electron chi connectivity index (χ3n) is 5.72. The van der Waals surface area contributed by atoms with Gasteiger partial charge >= 0.3 is 0 Å². The van der Waals surface area contributed by atoms with Crippen LogP contribution in [0.25, 0.3) is 0 Å². The molecule has 116 valence electrons. The Morgan fingerprint density at radius 1 is 1.14 bits per heavy atom. The van der Waals surface area contributed by atoms with E-state index in [1.54, 1.807) is 0 Å². The highest BCUT2D eigenvalue weighted by Crippen LogP contribution is 2.38. The lowest BCUT2D eigenvalue weighted by Crippen LogP contribution is -2.59. The molecule has 3 heteroatoms. The number of likely N-dealkylation sites (tertiary alicyclic amines) is 1. The molecule has 1 heterocycles. The molecule has 21 heavy (non-hydrogen) atoms. The van der Waals surface area contributed by atoms with E-state index in [0.29, 0.717) is 5.41 Å². The summed E-state index contributed by atoms with van der Waals surface area (Å²) in [7, 11) is 0. The molecule has 0 saturated carbocycles. The predicted octanol–water partition coefficient (Wildman–Crippen LogP) is 3.76. The average molecular weight is 351 g/mol.